The van der Waals surface area contributed by atoms with Crippen molar-refractivity contribution in [2.45, 2.75) is 17.5 Å². The summed E-state index contributed by atoms with van der Waals surface area (Å²) in [4.78, 5) is 0.297. The fourth-order valence-electron chi connectivity index (χ4n) is 2.04. The average molecular weight is 300 g/mol. The SMILES string of the molecule is CNCc1ccccc1S(=O)(=O)NCC1COCCO1. The van der Waals surface area contributed by atoms with Crippen LogP contribution in [0.4, 0.5) is 0 Å². The topological polar surface area (TPSA) is 76.7 Å². The molecule has 1 aromatic rings. The van der Waals surface area contributed by atoms with Crippen molar-refractivity contribution >= 4 is 10.0 Å². The Balaban J connectivity index is 2.05. The Labute approximate surface area is 119 Å². The van der Waals surface area contributed by atoms with Gasteiger partial charge in [-0.1, -0.05) is 18.2 Å². The van der Waals surface area contributed by atoms with Gasteiger partial charge in [-0.2, -0.15) is 0 Å². The van der Waals surface area contributed by atoms with Gasteiger partial charge in [0.25, 0.3) is 0 Å². The first-order valence-electron chi connectivity index (χ1n) is 6.55. The Bertz CT molecular complexity index is 527. The molecule has 112 valence electrons. The van der Waals surface area contributed by atoms with Gasteiger partial charge in [0.15, 0.2) is 0 Å². The highest BCUT2D eigenvalue weighted by Gasteiger charge is 2.21. The van der Waals surface area contributed by atoms with Crippen LogP contribution in [0.5, 0.6) is 0 Å². The fourth-order valence-corrected chi connectivity index (χ4v) is 3.34. The highest BCUT2D eigenvalue weighted by molar-refractivity contribution is 7.89. The van der Waals surface area contributed by atoms with Gasteiger partial charge in [-0.3, -0.25) is 0 Å². The molecule has 7 heteroatoms. The van der Waals surface area contributed by atoms with E-state index in [2.05, 4.69) is 10.0 Å². The molecule has 0 aromatic heterocycles. The fraction of sp³-hybridized carbons (Fsp3) is 0.538. The minimum Gasteiger partial charge on any atom is -0.376 e. The summed E-state index contributed by atoms with van der Waals surface area (Å²) < 4.78 is 37.9. The van der Waals surface area contributed by atoms with E-state index in [4.69, 9.17) is 9.47 Å². The lowest BCUT2D eigenvalue weighted by atomic mass is 10.2. The summed E-state index contributed by atoms with van der Waals surface area (Å²) in [6, 6.07) is 6.94. The predicted octanol–water partition coefficient (Wildman–Crippen LogP) is 0.0997. The van der Waals surface area contributed by atoms with Crippen LogP contribution < -0.4 is 10.0 Å². The highest BCUT2D eigenvalue weighted by Crippen LogP contribution is 2.15. The lowest BCUT2D eigenvalue weighted by Crippen LogP contribution is -2.39. The summed E-state index contributed by atoms with van der Waals surface area (Å²) in [5.41, 5.74) is 0.739. The van der Waals surface area contributed by atoms with Crippen molar-refractivity contribution in [1.82, 2.24) is 10.0 Å². The zero-order valence-electron chi connectivity index (χ0n) is 11.5. The molecule has 0 aliphatic carbocycles. The number of sulfonamides is 1. The van der Waals surface area contributed by atoms with E-state index in [1.807, 2.05) is 6.07 Å². The third kappa shape index (κ3) is 4.00. The van der Waals surface area contributed by atoms with Crippen LogP contribution in [-0.2, 0) is 26.0 Å². The molecule has 1 saturated heterocycles. The number of ether oxygens (including phenoxy) is 2. The molecule has 0 radical (unpaired) electrons. The Morgan fingerprint density at radius 2 is 2.10 bits per heavy atom. The first-order chi connectivity index (χ1) is 9.63. The van der Waals surface area contributed by atoms with Crippen LogP contribution in [0.3, 0.4) is 0 Å². The van der Waals surface area contributed by atoms with Gasteiger partial charge in [-0.05, 0) is 18.7 Å². The lowest BCUT2D eigenvalue weighted by Gasteiger charge is -2.23. The zero-order chi connectivity index (χ0) is 14.4. The van der Waals surface area contributed by atoms with Gasteiger partial charge >= 0.3 is 0 Å². The molecule has 1 aliphatic heterocycles. The third-order valence-corrected chi connectivity index (χ3v) is 4.54. The smallest absolute Gasteiger partial charge is 0.240 e. The normalized spacial score (nSPS) is 19.9. The maximum absolute atomic E-state index is 12.3. The maximum Gasteiger partial charge on any atom is 0.240 e. The first-order valence-corrected chi connectivity index (χ1v) is 8.03. The van der Waals surface area contributed by atoms with E-state index in [0.717, 1.165) is 5.56 Å². The van der Waals surface area contributed by atoms with Crippen LogP contribution >= 0.6 is 0 Å². The Kier molecular flexibility index (Phi) is 5.50. The molecule has 1 aromatic carbocycles. The van der Waals surface area contributed by atoms with Crippen molar-refractivity contribution in [3.63, 3.8) is 0 Å². The molecule has 2 N–H and O–H groups in total. The van der Waals surface area contributed by atoms with Gasteiger partial charge in [0.05, 0.1) is 30.8 Å². The summed E-state index contributed by atoms with van der Waals surface area (Å²) in [5.74, 6) is 0. The van der Waals surface area contributed by atoms with Crippen molar-refractivity contribution in [3.8, 4) is 0 Å². The molecule has 0 amide bonds. The van der Waals surface area contributed by atoms with E-state index in [-0.39, 0.29) is 12.6 Å². The summed E-state index contributed by atoms with van der Waals surface area (Å²) >= 11 is 0. The highest BCUT2D eigenvalue weighted by atomic mass is 32.2. The lowest BCUT2D eigenvalue weighted by molar-refractivity contribution is -0.0846. The Morgan fingerprint density at radius 3 is 2.80 bits per heavy atom. The minimum atomic E-state index is -3.54. The van der Waals surface area contributed by atoms with Crippen molar-refractivity contribution < 1.29 is 17.9 Å². The molecule has 0 bridgehead atoms. The summed E-state index contributed by atoms with van der Waals surface area (Å²) in [6.45, 7) is 2.20. The van der Waals surface area contributed by atoms with Crippen LogP contribution in [-0.4, -0.2) is 47.9 Å². The molecule has 1 aliphatic rings. The van der Waals surface area contributed by atoms with E-state index in [9.17, 15) is 8.42 Å². The van der Waals surface area contributed by atoms with Crippen molar-refractivity contribution in [2.75, 3.05) is 33.4 Å². The van der Waals surface area contributed by atoms with Crippen molar-refractivity contribution in [2.24, 2.45) is 0 Å². The van der Waals surface area contributed by atoms with Gasteiger partial charge in [0, 0.05) is 13.1 Å². The van der Waals surface area contributed by atoms with E-state index in [0.29, 0.717) is 31.3 Å². The average Bonchev–Trinajstić information content (AvgIpc) is 2.47. The number of hydrogen-bond donors (Lipinski definition) is 2. The van der Waals surface area contributed by atoms with Gasteiger partial charge in [0.1, 0.15) is 0 Å². The molecule has 6 nitrogen and oxygen atoms in total. The number of hydrogen-bond acceptors (Lipinski definition) is 5. The molecular weight excluding hydrogens is 280 g/mol. The van der Waals surface area contributed by atoms with Crippen LogP contribution in [0.2, 0.25) is 0 Å². The predicted molar refractivity (Wildman–Crippen MR) is 75.0 cm³/mol. The van der Waals surface area contributed by atoms with Gasteiger partial charge < -0.3 is 14.8 Å². The molecule has 0 saturated carbocycles. The van der Waals surface area contributed by atoms with Crippen LogP contribution in [0.25, 0.3) is 0 Å². The molecule has 1 heterocycles. The van der Waals surface area contributed by atoms with Gasteiger partial charge in [0.2, 0.25) is 10.0 Å². The second kappa shape index (κ2) is 7.14. The molecular formula is C13H20N2O4S. The zero-order valence-corrected chi connectivity index (χ0v) is 12.3. The van der Waals surface area contributed by atoms with Gasteiger partial charge in [-0.15, -0.1) is 0 Å². The summed E-state index contributed by atoms with van der Waals surface area (Å²) in [7, 11) is -1.76. The van der Waals surface area contributed by atoms with E-state index in [1.165, 1.54) is 0 Å². The molecule has 1 unspecified atom stereocenters. The number of nitrogens with one attached hydrogen (secondary N) is 2. The molecule has 2 rings (SSSR count). The Hall–Kier alpha value is -0.990. The monoisotopic (exact) mass is 300 g/mol. The molecule has 20 heavy (non-hydrogen) atoms. The summed E-state index contributed by atoms with van der Waals surface area (Å²) in [6.07, 6.45) is -0.227. The van der Waals surface area contributed by atoms with Crippen molar-refractivity contribution in [1.29, 1.82) is 0 Å². The van der Waals surface area contributed by atoms with Crippen LogP contribution in [0.15, 0.2) is 29.2 Å². The molecule has 0 spiro atoms. The number of benzene rings is 1. The summed E-state index contributed by atoms with van der Waals surface area (Å²) in [5, 5.41) is 2.97. The molecule has 1 atom stereocenters. The second-order valence-electron chi connectivity index (χ2n) is 4.56. The standard InChI is InChI=1S/C13H20N2O4S/c1-14-8-11-4-2-3-5-13(11)20(16,17)15-9-12-10-18-6-7-19-12/h2-5,12,14-15H,6-10H2,1H3. The van der Waals surface area contributed by atoms with Crippen molar-refractivity contribution in [3.05, 3.63) is 29.8 Å². The Morgan fingerprint density at radius 1 is 1.30 bits per heavy atom. The van der Waals surface area contributed by atoms with E-state index >= 15 is 0 Å². The second-order valence-corrected chi connectivity index (χ2v) is 6.29. The molecule has 1 fully saturated rings. The van der Waals surface area contributed by atoms with E-state index in [1.54, 1.807) is 25.2 Å². The number of rotatable bonds is 6. The minimum absolute atomic E-state index is 0.218. The third-order valence-electron chi connectivity index (χ3n) is 3.02. The van der Waals surface area contributed by atoms with E-state index < -0.39 is 10.0 Å². The van der Waals surface area contributed by atoms with Gasteiger partial charge in [-0.25, -0.2) is 13.1 Å². The quantitative estimate of drug-likeness (QED) is 0.779. The first kappa shape index (κ1) is 15.4. The van der Waals surface area contributed by atoms with Crippen LogP contribution in [0, 0.1) is 0 Å². The maximum atomic E-state index is 12.3. The van der Waals surface area contributed by atoms with Crippen LogP contribution in [0.1, 0.15) is 5.56 Å². The largest absolute Gasteiger partial charge is 0.376 e.